The molecule has 1 heterocycles. The van der Waals surface area contributed by atoms with E-state index in [1.807, 2.05) is 19.2 Å². The van der Waals surface area contributed by atoms with Gasteiger partial charge in [0.2, 0.25) is 5.91 Å². The molecule has 1 aromatic carbocycles. The van der Waals surface area contributed by atoms with Crippen LogP contribution in [0.2, 0.25) is 0 Å². The van der Waals surface area contributed by atoms with Crippen molar-refractivity contribution in [1.29, 1.82) is 0 Å². The van der Waals surface area contributed by atoms with Crippen LogP contribution in [0.15, 0.2) is 29.2 Å². The number of benzene rings is 1. The maximum atomic E-state index is 12.0. The summed E-state index contributed by atoms with van der Waals surface area (Å²) in [5, 5.41) is 2.73. The van der Waals surface area contributed by atoms with E-state index in [4.69, 9.17) is 0 Å². The molecule has 0 bridgehead atoms. The second-order valence-corrected chi connectivity index (χ2v) is 8.24. The van der Waals surface area contributed by atoms with Crippen molar-refractivity contribution in [2.45, 2.75) is 11.4 Å². The summed E-state index contributed by atoms with van der Waals surface area (Å²) in [7, 11) is 0.534. The quantitative estimate of drug-likeness (QED) is 0.849. The van der Waals surface area contributed by atoms with Gasteiger partial charge in [0.25, 0.3) is 0 Å². The lowest BCUT2D eigenvalue weighted by Gasteiger charge is -2.23. The number of likely N-dealkylation sites (N-methyl/N-ethyl adjacent to an activating group) is 1. The van der Waals surface area contributed by atoms with Gasteiger partial charge in [-0.3, -0.25) is 9.69 Å². The maximum Gasteiger partial charge on any atom is 0.225 e. The van der Waals surface area contributed by atoms with Gasteiger partial charge in [-0.15, -0.1) is 0 Å². The summed E-state index contributed by atoms with van der Waals surface area (Å²) < 4.78 is 23.0. The van der Waals surface area contributed by atoms with Crippen LogP contribution in [0.3, 0.4) is 0 Å². The Hall–Kier alpha value is -1.44. The van der Waals surface area contributed by atoms with E-state index in [9.17, 15) is 13.2 Å². The van der Waals surface area contributed by atoms with Crippen molar-refractivity contribution in [2.24, 2.45) is 5.92 Å². The number of hydrogen-bond donors (Lipinski definition) is 1. The summed E-state index contributed by atoms with van der Waals surface area (Å²) >= 11 is 0. The largest absolute Gasteiger partial charge is 0.359 e. The molecule has 1 saturated heterocycles. The normalized spacial score (nSPS) is 20.9. The van der Waals surface area contributed by atoms with Gasteiger partial charge in [-0.2, -0.15) is 0 Å². The zero-order chi connectivity index (χ0) is 17.0. The molecular formula is C16H25N3O3S. The Morgan fingerprint density at radius 3 is 2.43 bits per heavy atom. The van der Waals surface area contributed by atoms with Crippen LogP contribution in [-0.2, 0) is 21.2 Å². The van der Waals surface area contributed by atoms with Crippen LogP contribution in [0.5, 0.6) is 0 Å². The minimum Gasteiger partial charge on any atom is -0.359 e. The molecule has 1 atom stereocenters. The molecular weight excluding hydrogens is 314 g/mol. The van der Waals surface area contributed by atoms with Gasteiger partial charge < -0.3 is 10.2 Å². The van der Waals surface area contributed by atoms with Crippen molar-refractivity contribution in [1.82, 2.24) is 15.1 Å². The summed E-state index contributed by atoms with van der Waals surface area (Å²) in [6.07, 6.45) is 1.21. The first kappa shape index (κ1) is 17.9. The van der Waals surface area contributed by atoms with Crippen molar-refractivity contribution in [3.63, 3.8) is 0 Å². The van der Waals surface area contributed by atoms with E-state index >= 15 is 0 Å². The second-order valence-electron chi connectivity index (χ2n) is 6.22. The highest BCUT2D eigenvalue weighted by atomic mass is 32.2. The van der Waals surface area contributed by atoms with Crippen LogP contribution in [0, 0.1) is 5.92 Å². The SMILES string of the molecule is CNC(=O)C1CN(C)CCN(Cc2ccc(S(C)(=O)=O)cc2)C1. The standard InChI is InChI=1S/C16H25N3O3S/c1-17-16(20)14-11-18(2)8-9-19(12-14)10-13-4-6-15(7-5-13)23(3,21)22/h4-7,14H,8-12H2,1-3H3,(H,17,20). The fourth-order valence-electron chi connectivity index (χ4n) is 2.85. The highest BCUT2D eigenvalue weighted by molar-refractivity contribution is 7.90. The third-order valence-corrected chi connectivity index (χ3v) is 5.31. The van der Waals surface area contributed by atoms with Gasteiger partial charge >= 0.3 is 0 Å². The molecule has 23 heavy (non-hydrogen) atoms. The van der Waals surface area contributed by atoms with Crippen LogP contribution >= 0.6 is 0 Å². The smallest absolute Gasteiger partial charge is 0.225 e. The molecule has 1 unspecified atom stereocenters. The van der Waals surface area contributed by atoms with Gasteiger partial charge in [-0.1, -0.05) is 12.1 Å². The van der Waals surface area contributed by atoms with Crippen molar-refractivity contribution in [3.05, 3.63) is 29.8 Å². The highest BCUT2D eigenvalue weighted by Gasteiger charge is 2.25. The molecule has 0 saturated carbocycles. The number of nitrogens with one attached hydrogen (secondary N) is 1. The molecule has 1 aliphatic heterocycles. The Morgan fingerprint density at radius 2 is 1.87 bits per heavy atom. The van der Waals surface area contributed by atoms with E-state index in [1.54, 1.807) is 19.2 Å². The summed E-state index contributed by atoms with van der Waals surface area (Å²) in [5.74, 6) is 0.0129. The highest BCUT2D eigenvalue weighted by Crippen LogP contribution is 2.15. The van der Waals surface area contributed by atoms with Crippen molar-refractivity contribution < 1.29 is 13.2 Å². The van der Waals surface area contributed by atoms with Crippen molar-refractivity contribution in [2.75, 3.05) is 46.5 Å². The molecule has 1 amide bonds. The molecule has 128 valence electrons. The first-order chi connectivity index (χ1) is 10.8. The fraction of sp³-hybridized carbons (Fsp3) is 0.562. The summed E-state index contributed by atoms with van der Waals surface area (Å²) in [5.41, 5.74) is 1.05. The maximum absolute atomic E-state index is 12.0. The van der Waals surface area contributed by atoms with Gasteiger partial charge in [0.15, 0.2) is 9.84 Å². The van der Waals surface area contributed by atoms with Crippen molar-refractivity contribution in [3.8, 4) is 0 Å². The number of carbonyl (C=O) groups excluding carboxylic acids is 1. The molecule has 1 N–H and O–H groups in total. The Bertz CT molecular complexity index is 643. The lowest BCUT2D eigenvalue weighted by molar-refractivity contribution is -0.125. The molecule has 1 fully saturated rings. The number of sulfone groups is 1. The molecule has 0 radical (unpaired) electrons. The second kappa shape index (κ2) is 7.42. The monoisotopic (exact) mass is 339 g/mol. The van der Waals surface area contributed by atoms with Crippen LogP contribution < -0.4 is 5.32 Å². The third kappa shape index (κ3) is 5.02. The van der Waals surface area contributed by atoms with E-state index in [0.717, 1.165) is 25.2 Å². The Balaban J connectivity index is 2.07. The zero-order valence-electron chi connectivity index (χ0n) is 13.9. The average Bonchev–Trinajstić information content (AvgIpc) is 2.68. The zero-order valence-corrected chi connectivity index (χ0v) is 14.8. The van der Waals surface area contributed by atoms with Crippen LogP contribution in [-0.4, -0.2) is 70.7 Å². The molecule has 0 spiro atoms. The minimum atomic E-state index is -3.16. The van der Waals surface area contributed by atoms with Gasteiger partial charge in [-0.05, 0) is 24.7 Å². The van der Waals surface area contributed by atoms with E-state index < -0.39 is 9.84 Å². The average molecular weight is 339 g/mol. The Kier molecular flexibility index (Phi) is 5.78. The molecule has 7 heteroatoms. The van der Waals surface area contributed by atoms with E-state index in [1.165, 1.54) is 6.26 Å². The molecule has 6 nitrogen and oxygen atoms in total. The van der Waals surface area contributed by atoms with Gasteiger partial charge in [0.1, 0.15) is 0 Å². The minimum absolute atomic E-state index is 0.0530. The number of carbonyl (C=O) groups is 1. The first-order valence-corrected chi connectivity index (χ1v) is 9.60. The number of amides is 1. The lowest BCUT2D eigenvalue weighted by atomic mass is 10.1. The third-order valence-electron chi connectivity index (χ3n) is 4.18. The molecule has 0 aromatic heterocycles. The number of nitrogens with zero attached hydrogens (tertiary/aromatic N) is 2. The molecule has 1 aliphatic rings. The van der Waals surface area contributed by atoms with Crippen LogP contribution in [0.4, 0.5) is 0 Å². The number of rotatable bonds is 4. The van der Waals surface area contributed by atoms with E-state index in [2.05, 4.69) is 15.1 Å². The van der Waals surface area contributed by atoms with Gasteiger partial charge in [-0.25, -0.2) is 8.42 Å². The van der Waals surface area contributed by atoms with E-state index in [0.29, 0.717) is 18.0 Å². The van der Waals surface area contributed by atoms with Crippen LogP contribution in [0.25, 0.3) is 0 Å². The summed E-state index contributed by atoms with van der Waals surface area (Å²) in [4.78, 5) is 16.7. The molecule has 0 aliphatic carbocycles. The predicted octanol–water partition coefficient (Wildman–Crippen LogP) is 0.200. The van der Waals surface area contributed by atoms with Gasteiger partial charge in [0, 0.05) is 46.0 Å². The Morgan fingerprint density at radius 1 is 1.22 bits per heavy atom. The first-order valence-electron chi connectivity index (χ1n) is 7.71. The predicted molar refractivity (Wildman–Crippen MR) is 89.9 cm³/mol. The topological polar surface area (TPSA) is 69.7 Å². The number of hydrogen-bond acceptors (Lipinski definition) is 5. The van der Waals surface area contributed by atoms with Gasteiger partial charge in [0.05, 0.1) is 10.8 Å². The summed E-state index contributed by atoms with van der Waals surface area (Å²) in [6.45, 7) is 3.97. The van der Waals surface area contributed by atoms with Crippen molar-refractivity contribution >= 4 is 15.7 Å². The lowest BCUT2D eigenvalue weighted by Crippen LogP contribution is -2.39. The van der Waals surface area contributed by atoms with E-state index in [-0.39, 0.29) is 11.8 Å². The van der Waals surface area contributed by atoms with Crippen LogP contribution in [0.1, 0.15) is 5.56 Å². The molecule has 1 aromatic rings. The summed E-state index contributed by atoms with van der Waals surface area (Å²) in [6, 6.07) is 6.98. The fourth-order valence-corrected chi connectivity index (χ4v) is 3.48. The Labute approximate surface area is 138 Å². The molecule has 2 rings (SSSR count).